The highest BCUT2D eigenvalue weighted by molar-refractivity contribution is 4.89. The van der Waals surface area contributed by atoms with Crippen LogP contribution in [0.5, 0.6) is 0 Å². The van der Waals surface area contributed by atoms with Gasteiger partial charge in [0.1, 0.15) is 0 Å². The minimum absolute atomic E-state index is 0.290. The molecule has 0 aromatic carbocycles. The van der Waals surface area contributed by atoms with Crippen molar-refractivity contribution in [2.24, 2.45) is 16.6 Å². The van der Waals surface area contributed by atoms with Crippen LogP contribution in [-0.4, -0.2) is 19.6 Å². The summed E-state index contributed by atoms with van der Waals surface area (Å²) in [5.74, 6) is 0. The summed E-state index contributed by atoms with van der Waals surface area (Å²) in [6.07, 6.45) is 6.75. The van der Waals surface area contributed by atoms with E-state index in [0.29, 0.717) is 10.8 Å². The van der Waals surface area contributed by atoms with Gasteiger partial charge in [-0.05, 0) is 43.1 Å². The molecule has 1 aliphatic rings. The summed E-state index contributed by atoms with van der Waals surface area (Å²) in [7, 11) is 0. The third-order valence-corrected chi connectivity index (χ3v) is 4.56. The molecule has 0 aromatic heterocycles. The van der Waals surface area contributed by atoms with E-state index in [1.807, 2.05) is 0 Å². The van der Waals surface area contributed by atoms with Gasteiger partial charge in [-0.1, -0.05) is 27.2 Å². The van der Waals surface area contributed by atoms with Crippen molar-refractivity contribution in [3.05, 3.63) is 0 Å². The Labute approximate surface area is 95.0 Å². The van der Waals surface area contributed by atoms with Crippen LogP contribution in [0.1, 0.15) is 52.9 Å². The van der Waals surface area contributed by atoms with E-state index in [1.165, 1.54) is 32.2 Å². The predicted molar refractivity (Wildman–Crippen MR) is 66.9 cm³/mol. The minimum Gasteiger partial charge on any atom is -0.330 e. The van der Waals surface area contributed by atoms with Crippen molar-refractivity contribution in [3.8, 4) is 0 Å². The molecule has 0 spiro atoms. The second-order valence-corrected chi connectivity index (χ2v) is 5.68. The van der Waals surface area contributed by atoms with Gasteiger partial charge in [0.2, 0.25) is 0 Å². The summed E-state index contributed by atoms with van der Waals surface area (Å²) < 4.78 is 0. The van der Waals surface area contributed by atoms with Crippen molar-refractivity contribution in [3.63, 3.8) is 0 Å². The van der Waals surface area contributed by atoms with Gasteiger partial charge in [-0.25, -0.2) is 0 Å². The van der Waals surface area contributed by atoms with Crippen molar-refractivity contribution in [1.82, 2.24) is 5.32 Å². The van der Waals surface area contributed by atoms with E-state index in [0.717, 1.165) is 19.5 Å². The van der Waals surface area contributed by atoms with Gasteiger partial charge in [0.05, 0.1) is 0 Å². The van der Waals surface area contributed by atoms with Crippen LogP contribution in [0, 0.1) is 10.8 Å². The first-order chi connectivity index (χ1) is 7.10. The molecule has 1 atom stereocenters. The maximum Gasteiger partial charge on any atom is 0.00174 e. The van der Waals surface area contributed by atoms with E-state index in [9.17, 15) is 0 Å². The predicted octanol–water partition coefficient (Wildman–Crippen LogP) is 2.53. The van der Waals surface area contributed by atoms with E-state index in [1.54, 1.807) is 0 Å². The maximum atomic E-state index is 5.81. The third kappa shape index (κ3) is 3.18. The van der Waals surface area contributed by atoms with Crippen molar-refractivity contribution < 1.29 is 0 Å². The van der Waals surface area contributed by atoms with Crippen LogP contribution in [0.2, 0.25) is 0 Å². The molecule has 0 aromatic rings. The zero-order valence-corrected chi connectivity index (χ0v) is 10.7. The molecule has 15 heavy (non-hydrogen) atoms. The lowest BCUT2D eigenvalue weighted by Gasteiger charge is -2.42. The molecule has 2 heteroatoms. The normalized spacial score (nSPS) is 23.2. The van der Waals surface area contributed by atoms with Crippen LogP contribution in [0.3, 0.4) is 0 Å². The highest BCUT2D eigenvalue weighted by Gasteiger charge is 2.34. The molecule has 0 aliphatic heterocycles. The van der Waals surface area contributed by atoms with Gasteiger partial charge >= 0.3 is 0 Å². The number of hydrogen-bond donors (Lipinski definition) is 2. The fourth-order valence-corrected chi connectivity index (χ4v) is 2.30. The number of hydrogen-bond acceptors (Lipinski definition) is 2. The van der Waals surface area contributed by atoms with Crippen LogP contribution in [-0.2, 0) is 0 Å². The number of nitrogens with one attached hydrogen (secondary N) is 1. The van der Waals surface area contributed by atoms with Gasteiger partial charge in [-0.15, -0.1) is 0 Å². The quantitative estimate of drug-likeness (QED) is 0.680. The summed E-state index contributed by atoms with van der Waals surface area (Å²) in [6.45, 7) is 9.88. The largest absolute Gasteiger partial charge is 0.330 e. The molecule has 1 saturated carbocycles. The lowest BCUT2D eigenvalue weighted by Crippen LogP contribution is -2.44. The van der Waals surface area contributed by atoms with Crippen molar-refractivity contribution in [1.29, 1.82) is 0 Å². The Morgan fingerprint density at radius 2 is 2.00 bits per heavy atom. The van der Waals surface area contributed by atoms with Crippen LogP contribution in [0.4, 0.5) is 0 Å². The van der Waals surface area contributed by atoms with Gasteiger partial charge in [0, 0.05) is 13.1 Å². The van der Waals surface area contributed by atoms with Crippen molar-refractivity contribution in [2.75, 3.05) is 19.6 Å². The standard InChI is InChI=1S/C13H28N2/c1-4-12(3,9-14)10-15-11-13(5-2)7-6-8-13/h15H,4-11,14H2,1-3H3. The summed E-state index contributed by atoms with van der Waals surface area (Å²) >= 11 is 0. The zero-order chi connectivity index (χ0) is 11.4. The smallest absolute Gasteiger partial charge is 0.00174 e. The second kappa shape index (κ2) is 5.31. The van der Waals surface area contributed by atoms with Gasteiger partial charge in [0.15, 0.2) is 0 Å². The summed E-state index contributed by atoms with van der Waals surface area (Å²) in [4.78, 5) is 0. The molecule has 0 saturated heterocycles. The molecule has 0 amide bonds. The summed E-state index contributed by atoms with van der Waals surface area (Å²) in [5.41, 5.74) is 6.72. The summed E-state index contributed by atoms with van der Waals surface area (Å²) in [5, 5.41) is 3.64. The highest BCUT2D eigenvalue weighted by atomic mass is 14.9. The molecule has 1 aliphatic carbocycles. The van der Waals surface area contributed by atoms with Crippen molar-refractivity contribution >= 4 is 0 Å². The molecule has 0 heterocycles. The Kier molecular flexibility index (Phi) is 4.60. The Morgan fingerprint density at radius 1 is 1.33 bits per heavy atom. The average Bonchev–Trinajstić information content (AvgIpc) is 2.22. The van der Waals surface area contributed by atoms with Crippen LogP contribution >= 0.6 is 0 Å². The summed E-state index contributed by atoms with van der Waals surface area (Å²) in [6, 6.07) is 0. The van der Waals surface area contributed by atoms with Gasteiger partial charge in [-0.2, -0.15) is 0 Å². The first kappa shape index (κ1) is 13.0. The minimum atomic E-state index is 0.290. The Hall–Kier alpha value is -0.0800. The topological polar surface area (TPSA) is 38.0 Å². The Morgan fingerprint density at radius 3 is 2.33 bits per heavy atom. The number of rotatable bonds is 7. The van der Waals surface area contributed by atoms with Crippen LogP contribution in [0.15, 0.2) is 0 Å². The molecule has 90 valence electrons. The Bertz CT molecular complexity index is 163. The van der Waals surface area contributed by atoms with Crippen LogP contribution < -0.4 is 11.1 Å². The molecular weight excluding hydrogens is 184 g/mol. The first-order valence-electron chi connectivity index (χ1n) is 6.50. The average molecular weight is 212 g/mol. The van der Waals surface area contributed by atoms with E-state index in [-0.39, 0.29) is 0 Å². The molecule has 3 N–H and O–H groups in total. The van der Waals surface area contributed by atoms with E-state index in [4.69, 9.17) is 5.73 Å². The van der Waals surface area contributed by atoms with Gasteiger partial charge < -0.3 is 11.1 Å². The molecule has 0 bridgehead atoms. The maximum absolute atomic E-state index is 5.81. The highest BCUT2D eigenvalue weighted by Crippen LogP contribution is 2.43. The lowest BCUT2D eigenvalue weighted by molar-refractivity contribution is 0.117. The number of nitrogens with two attached hydrogens (primary N) is 1. The van der Waals surface area contributed by atoms with E-state index < -0.39 is 0 Å². The van der Waals surface area contributed by atoms with Crippen LogP contribution in [0.25, 0.3) is 0 Å². The molecule has 1 unspecified atom stereocenters. The lowest BCUT2D eigenvalue weighted by atomic mass is 9.67. The van der Waals surface area contributed by atoms with Gasteiger partial charge in [-0.3, -0.25) is 0 Å². The van der Waals surface area contributed by atoms with E-state index >= 15 is 0 Å². The van der Waals surface area contributed by atoms with Gasteiger partial charge in [0.25, 0.3) is 0 Å². The van der Waals surface area contributed by atoms with Crippen molar-refractivity contribution in [2.45, 2.75) is 52.9 Å². The SMILES string of the molecule is CCC(C)(CN)CNCC1(CC)CCC1. The fourth-order valence-electron chi connectivity index (χ4n) is 2.30. The molecule has 1 fully saturated rings. The van der Waals surface area contributed by atoms with E-state index in [2.05, 4.69) is 26.1 Å². The third-order valence-electron chi connectivity index (χ3n) is 4.56. The molecule has 1 rings (SSSR count). The molecular formula is C13H28N2. The molecule has 0 radical (unpaired) electrons. The first-order valence-corrected chi connectivity index (χ1v) is 6.50. The second-order valence-electron chi connectivity index (χ2n) is 5.68. The zero-order valence-electron chi connectivity index (χ0n) is 10.7. The Balaban J connectivity index is 2.25. The monoisotopic (exact) mass is 212 g/mol. The molecule has 2 nitrogen and oxygen atoms in total. The fraction of sp³-hybridized carbons (Fsp3) is 1.00.